The molecule has 1 aromatic heterocycles. The summed E-state index contributed by atoms with van der Waals surface area (Å²) in [7, 11) is 0. The predicted molar refractivity (Wildman–Crippen MR) is 94.0 cm³/mol. The van der Waals surface area contributed by atoms with Crippen LogP contribution in [0.2, 0.25) is 0 Å². The van der Waals surface area contributed by atoms with Crippen LogP contribution in [0.15, 0.2) is 59.1 Å². The minimum absolute atomic E-state index is 0.0285. The second-order valence-corrected chi connectivity index (χ2v) is 6.27. The van der Waals surface area contributed by atoms with E-state index in [-0.39, 0.29) is 18.5 Å². The van der Waals surface area contributed by atoms with Crippen molar-refractivity contribution in [3.8, 4) is 11.4 Å². The number of hydrogen-bond donors (Lipinski definition) is 1. The van der Waals surface area contributed by atoms with Gasteiger partial charge in [-0.15, -0.1) is 10.2 Å². The minimum atomic E-state index is -0.164. The number of nitrogens with zero attached hydrogens (tertiary/aromatic N) is 4. The summed E-state index contributed by atoms with van der Waals surface area (Å²) in [6, 6.07) is 17.3. The first-order chi connectivity index (χ1) is 11.6. The predicted octanol–water partition coefficient (Wildman–Crippen LogP) is 2.98. The van der Waals surface area contributed by atoms with Gasteiger partial charge in [0, 0.05) is 10.0 Å². The number of carbonyl (C=O) groups is 1. The number of nitrogens with one attached hydrogen (secondary N) is 1. The average molecular weight is 386 g/mol. The van der Waals surface area contributed by atoms with E-state index in [9.17, 15) is 4.79 Å². The van der Waals surface area contributed by atoms with E-state index in [0.29, 0.717) is 5.82 Å². The summed E-state index contributed by atoms with van der Waals surface area (Å²) in [5.41, 5.74) is 1.90. The van der Waals surface area contributed by atoms with Crippen LogP contribution in [0.25, 0.3) is 11.4 Å². The molecule has 1 N–H and O–H groups in total. The van der Waals surface area contributed by atoms with E-state index in [2.05, 4.69) is 36.7 Å². The highest BCUT2D eigenvalue weighted by Gasteiger charge is 2.12. The normalized spacial score (nSPS) is 11.9. The molecule has 0 bridgehead atoms. The molecule has 1 amide bonds. The maximum atomic E-state index is 12.2. The summed E-state index contributed by atoms with van der Waals surface area (Å²) >= 11 is 3.40. The molecule has 0 aliphatic rings. The van der Waals surface area contributed by atoms with Crippen LogP contribution in [0.3, 0.4) is 0 Å². The molecule has 1 atom stereocenters. The first-order valence-corrected chi connectivity index (χ1v) is 8.29. The minimum Gasteiger partial charge on any atom is -0.348 e. The van der Waals surface area contributed by atoms with Gasteiger partial charge in [0.15, 0.2) is 0 Å². The largest absolute Gasteiger partial charge is 0.348 e. The van der Waals surface area contributed by atoms with Gasteiger partial charge in [-0.1, -0.05) is 58.4 Å². The summed E-state index contributed by atoms with van der Waals surface area (Å²) in [6.45, 7) is 1.96. The Bertz CT molecular complexity index is 817. The lowest BCUT2D eigenvalue weighted by atomic mass is 10.1. The fraction of sp³-hybridized carbons (Fsp3) is 0.176. The van der Waals surface area contributed by atoms with Crippen molar-refractivity contribution in [2.75, 3.05) is 0 Å². The SMILES string of the molecule is C[C@H](NC(=O)Cn1nnc(-c2ccccc2)n1)c1ccc(Br)cc1. The zero-order valence-electron chi connectivity index (χ0n) is 13.1. The molecule has 1 heterocycles. The van der Waals surface area contributed by atoms with Crippen molar-refractivity contribution in [3.05, 3.63) is 64.6 Å². The van der Waals surface area contributed by atoms with Crippen LogP contribution >= 0.6 is 15.9 Å². The van der Waals surface area contributed by atoms with E-state index >= 15 is 0 Å². The molecule has 0 radical (unpaired) electrons. The van der Waals surface area contributed by atoms with Crippen molar-refractivity contribution in [3.63, 3.8) is 0 Å². The van der Waals surface area contributed by atoms with E-state index in [1.165, 1.54) is 4.80 Å². The first-order valence-electron chi connectivity index (χ1n) is 7.50. The summed E-state index contributed by atoms with van der Waals surface area (Å²) < 4.78 is 1.00. The highest BCUT2D eigenvalue weighted by molar-refractivity contribution is 9.10. The number of amides is 1. The Balaban J connectivity index is 1.61. The number of tetrazole rings is 1. The maximum Gasteiger partial charge on any atom is 0.244 e. The number of hydrogen-bond acceptors (Lipinski definition) is 4. The second-order valence-electron chi connectivity index (χ2n) is 5.35. The number of aromatic nitrogens is 4. The quantitative estimate of drug-likeness (QED) is 0.732. The average Bonchev–Trinajstić information content (AvgIpc) is 3.04. The highest BCUT2D eigenvalue weighted by atomic mass is 79.9. The Morgan fingerprint density at radius 2 is 1.88 bits per heavy atom. The molecule has 2 aromatic carbocycles. The summed E-state index contributed by atoms with van der Waals surface area (Å²) in [6.07, 6.45) is 0. The molecular weight excluding hydrogens is 370 g/mol. The van der Waals surface area contributed by atoms with Crippen molar-refractivity contribution >= 4 is 21.8 Å². The van der Waals surface area contributed by atoms with E-state index in [1.807, 2.05) is 61.5 Å². The molecule has 3 rings (SSSR count). The third kappa shape index (κ3) is 4.05. The maximum absolute atomic E-state index is 12.2. The molecule has 0 aliphatic carbocycles. The van der Waals surface area contributed by atoms with Gasteiger partial charge in [-0.05, 0) is 29.8 Å². The van der Waals surface area contributed by atoms with Crippen LogP contribution in [0.5, 0.6) is 0 Å². The highest BCUT2D eigenvalue weighted by Crippen LogP contribution is 2.16. The molecule has 7 heteroatoms. The van der Waals surface area contributed by atoms with Gasteiger partial charge in [0.25, 0.3) is 0 Å². The molecule has 122 valence electrons. The topological polar surface area (TPSA) is 72.7 Å². The molecule has 0 unspecified atom stereocenters. The number of rotatable bonds is 5. The van der Waals surface area contributed by atoms with E-state index in [4.69, 9.17) is 0 Å². The van der Waals surface area contributed by atoms with Crippen molar-refractivity contribution in [2.45, 2.75) is 19.5 Å². The van der Waals surface area contributed by atoms with Gasteiger partial charge in [-0.25, -0.2) is 0 Å². The number of halogens is 1. The van der Waals surface area contributed by atoms with E-state index < -0.39 is 0 Å². The van der Waals surface area contributed by atoms with Crippen LogP contribution in [0.1, 0.15) is 18.5 Å². The molecular formula is C17H16BrN5O. The Morgan fingerprint density at radius 3 is 2.58 bits per heavy atom. The summed E-state index contributed by atoms with van der Waals surface area (Å²) in [4.78, 5) is 13.5. The van der Waals surface area contributed by atoms with Crippen molar-refractivity contribution in [2.24, 2.45) is 0 Å². The van der Waals surface area contributed by atoms with Gasteiger partial charge in [-0.3, -0.25) is 4.79 Å². The lowest BCUT2D eigenvalue weighted by Gasteiger charge is -2.14. The monoisotopic (exact) mass is 385 g/mol. The fourth-order valence-electron chi connectivity index (χ4n) is 2.26. The lowest BCUT2D eigenvalue weighted by molar-refractivity contribution is -0.122. The third-order valence-electron chi connectivity index (χ3n) is 3.52. The van der Waals surface area contributed by atoms with E-state index in [1.54, 1.807) is 0 Å². The van der Waals surface area contributed by atoms with E-state index in [0.717, 1.165) is 15.6 Å². The molecule has 0 saturated heterocycles. The summed E-state index contributed by atoms with van der Waals surface area (Å²) in [5.74, 6) is 0.340. The Hall–Kier alpha value is -2.54. The van der Waals surface area contributed by atoms with Crippen LogP contribution < -0.4 is 5.32 Å². The van der Waals surface area contributed by atoms with Crippen LogP contribution in [0.4, 0.5) is 0 Å². The molecule has 3 aromatic rings. The molecule has 6 nitrogen and oxygen atoms in total. The Kier molecular flexibility index (Phi) is 5.00. The fourth-order valence-corrected chi connectivity index (χ4v) is 2.53. The van der Waals surface area contributed by atoms with Gasteiger partial charge in [0.2, 0.25) is 11.7 Å². The Labute approximate surface area is 148 Å². The van der Waals surface area contributed by atoms with Gasteiger partial charge in [0.05, 0.1) is 6.04 Å². The van der Waals surface area contributed by atoms with Crippen molar-refractivity contribution in [1.29, 1.82) is 0 Å². The number of carbonyl (C=O) groups excluding carboxylic acids is 1. The van der Waals surface area contributed by atoms with Crippen LogP contribution in [0, 0.1) is 0 Å². The summed E-state index contributed by atoms with van der Waals surface area (Å²) in [5, 5.41) is 15.1. The molecule has 0 saturated carbocycles. The second kappa shape index (κ2) is 7.35. The smallest absolute Gasteiger partial charge is 0.244 e. The van der Waals surface area contributed by atoms with Crippen molar-refractivity contribution in [1.82, 2.24) is 25.5 Å². The Morgan fingerprint density at radius 1 is 1.17 bits per heavy atom. The molecule has 0 fully saturated rings. The standard InChI is InChI=1S/C17H16BrN5O/c1-12(13-7-9-15(18)10-8-13)19-16(24)11-23-21-17(20-22-23)14-5-3-2-4-6-14/h2-10,12H,11H2,1H3,(H,19,24)/t12-/m0/s1. The van der Waals surface area contributed by atoms with Gasteiger partial charge < -0.3 is 5.32 Å². The van der Waals surface area contributed by atoms with Gasteiger partial charge in [0.1, 0.15) is 6.54 Å². The molecule has 0 aliphatic heterocycles. The molecule has 24 heavy (non-hydrogen) atoms. The zero-order chi connectivity index (χ0) is 16.9. The number of benzene rings is 2. The van der Waals surface area contributed by atoms with Gasteiger partial charge in [-0.2, -0.15) is 4.80 Å². The first kappa shape index (κ1) is 16.3. The van der Waals surface area contributed by atoms with Crippen LogP contribution in [-0.4, -0.2) is 26.1 Å². The van der Waals surface area contributed by atoms with Gasteiger partial charge >= 0.3 is 0 Å². The zero-order valence-corrected chi connectivity index (χ0v) is 14.6. The van der Waals surface area contributed by atoms with Crippen LogP contribution in [-0.2, 0) is 11.3 Å². The molecule has 0 spiro atoms. The van der Waals surface area contributed by atoms with Crippen molar-refractivity contribution < 1.29 is 4.79 Å². The lowest BCUT2D eigenvalue weighted by Crippen LogP contribution is -2.30. The third-order valence-corrected chi connectivity index (χ3v) is 4.05.